The molecule has 1 aromatic rings. The third-order valence-electron chi connectivity index (χ3n) is 12.1. The summed E-state index contributed by atoms with van der Waals surface area (Å²) in [5, 5.41) is 3.43. The molecule has 0 spiro atoms. The van der Waals surface area contributed by atoms with Gasteiger partial charge in [-0.25, -0.2) is 17.5 Å². The molecule has 8 saturated carbocycles. The quantitative estimate of drug-likeness (QED) is 0.552. The molecule has 8 aliphatic carbocycles. The van der Waals surface area contributed by atoms with Gasteiger partial charge in [0.1, 0.15) is 0 Å². The summed E-state index contributed by atoms with van der Waals surface area (Å²) in [6.45, 7) is 1.97. The molecule has 1 aromatic carbocycles. The lowest BCUT2D eigenvalue weighted by Crippen LogP contribution is -2.64. The minimum Gasteiger partial charge on any atom is -0.332 e. The highest BCUT2D eigenvalue weighted by Gasteiger charge is 2.67. The SMILES string of the molecule is Cc1ccc(S(=O)(=O)N2C(=O)N[C@H](C34CC5CC(CC(C5)C3)C4)[C@H]2C23CC4CC(CC(C4)C2)C3)cc1. The zero-order chi connectivity index (χ0) is 24.4. The number of benzene rings is 1. The average molecular weight is 509 g/mol. The molecule has 2 atom stereocenters. The fraction of sp³-hybridized carbons (Fsp3) is 0.767. The second-order valence-corrected chi connectivity index (χ2v) is 16.4. The summed E-state index contributed by atoms with van der Waals surface area (Å²) < 4.78 is 30.0. The number of urea groups is 1. The van der Waals surface area contributed by atoms with Gasteiger partial charge in [0.2, 0.25) is 0 Å². The molecule has 1 N–H and O–H groups in total. The first-order valence-corrected chi connectivity index (χ1v) is 16.1. The first-order chi connectivity index (χ1) is 17.2. The summed E-state index contributed by atoms with van der Waals surface area (Å²) in [5.74, 6) is 4.46. The molecule has 1 saturated heterocycles. The highest BCUT2D eigenvalue weighted by atomic mass is 32.2. The summed E-state index contributed by atoms with van der Waals surface area (Å²) in [6.07, 6.45) is 14.9. The number of nitrogens with one attached hydrogen (secondary N) is 1. The molecule has 9 aliphatic rings. The van der Waals surface area contributed by atoms with Crippen molar-refractivity contribution in [3.63, 3.8) is 0 Å². The maximum atomic E-state index is 14.3. The number of amides is 2. The van der Waals surface area contributed by atoms with Crippen molar-refractivity contribution in [1.82, 2.24) is 9.62 Å². The third-order valence-corrected chi connectivity index (χ3v) is 13.9. The predicted octanol–water partition coefficient (Wildman–Crippen LogP) is 5.88. The Morgan fingerprint density at radius 2 is 1.14 bits per heavy atom. The summed E-state index contributed by atoms with van der Waals surface area (Å²) in [4.78, 5) is 14.2. The molecule has 6 heteroatoms. The fourth-order valence-corrected chi connectivity index (χ4v) is 13.4. The molecule has 1 heterocycles. The Labute approximate surface area is 215 Å². The predicted molar refractivity (Wildman–Crippen MR) is 138 cm³/mol. The minimum atomic E-state index is -3.93. The van der Waals surface area contributed by atoms with Crippen LogP contribution in [0, 0.1) is 53.3 Å². The summed E-state index contributed by atoms with van der Waals surface area (Å²) >= 11 is 0. The smallest absolute Gasteiger partial charge is 0.332 e. The Balaban J connectivity index is 1.26. The van der Waals surface area contributed by atoms with Crippen LogP contribution in [0.25, 0.3) is 0 Å². The van der Waals surface area contributed by atoms with E-state index in [1.54, 1.807) is 12.1 Å². The lowest BCUT2D eigenvalue weighted by Gasteiger charge is -2.64. The van der Waals surface area contributed by atoms with Crippen LogP contribution < -0.4 is 5.32 Å². The fourth-order valence-electron chi connectivity index (χ4n) is 11.8. The van der Waals surface area contributed by atoms with E-state index in [0.717, 1.165) is 42.6 Å². The Bertz CT molecular complexity index is 1130. The molecular formula is C30H40N2O3S. The third kappa shape index (κ3) is 3.06. The van der Waals surface area contributed by atoms with Crippen molar-refractivity contribution in [2.24, 2.45) is 46.3 Å². The van der Waals surface area contributed by atoms with Gasteiger partial charge >= 0.3 is 6.03 Å². The van der Waals surface area contributed by atoms with Gasteiger partial charge in [-0.15, -0.1) is 0 Å². The number of aryl methyl sites for hydroxylation is 1. The molecule has 8 bridgehead atoms. The van der Waals surface area contributed by atoms with E-state index in [2.05, 4.69) is 5.32 Å². The Hall–Kier alpha value is -1.56. The van der Waals surface area contributed by atoms with Crippen molar-refractivity contribution >= 4 is 16.1 Å². The van der Waals surface area contributed by atoms with Crippen LogP contribution in [-0.2, 0) is 10.0 Å². The van der Waals surface area contributed by atoms with Crippen LogP contribution >= 0.6 is 0 Å². The van der Waals surface area contributed by atoms with Crippen molar-refractivity contribution in [2.45, 2.75) is 101 Å². The van der Waals surface area contributed by atoms with Gasteiger partial charge in [0, 0.05) is 0 Å². The number of hydrogen-bond acceptors (Lipinski definition) is 3. The van der Waals surface area contributed by atoms with E-state index in [4.69, 9.17) is 0 Å². The average Bonchev–Trinajstić information content (AvgIpc) is 3.17. The second kappa shape index (κ2) is 7.30. The van der Waals surface area contributed by atoms with E-state index < -0.39 is 10.0 Å². The Morgan fingerprint density at radius 3 is 1.58 bits per heavy atom. The molecule has 0 unspecified atom stereocenters. The van der Waals surface area contributed by atoms with Gasteiger partial charge in [0.25, 0.3) is 10.0 Å². The van der Waals surface area contributed by atoms with Crippen LogP contribution in [0.5, 0.6) is 0 Å². The topological polar surface area (TPSA) is 66.5 Å². The number of carbonyl (C=O) groups excluding carboxylic acids is 1. The lowest BCUT2D eigenvalue weighted by atomic mass is 9.43. The van der Waals surface area contributed by atoms with Crippen molar-refractivity contribution in [1.29, 1.82) is 0 Å². The number of rotatable bonds is 4. The number of carbonyl (C=O) groups is 1. The van der Waals surface area contributed by atoms with Gasteiger partial charge in [-0.1, -0.05) is 17.7 Å². The summed E-state index contributed by atoms with van der Waals surface area (Å²) in [5.41, 5.74) is 1.05. The van der Waals surface area contributed by atoms with E-state index in [9.17, 15) is 13.2 Å². The normalized spacial score (nSPS) is 48.6. The van der Waals surface area contributed by atoms with Gasteiger partial charge in [0.05, 0.1) is 17.0 Å². The highest BCUT2D eigenvalue weighted by molar-refractivity contribution is 7.89. The van der Waals surface area contributed by atoms with E-state index in [0.29, 0.717) is 17.8 Å². The Morgan fingerprint density at radius 1 is 0.722 bits per heavy atom. The Kier molecular flexibility index (Phi) is 4.55. The maximum Gasteiger partial charge on any atom is 0.332 e. The first-order valence-electron chi connectivity index (χ1n) is 14.6. The number of nitrogens with zero attached hydrogens (tertiary/aromatic N) is 1. The van der Waals surface area contributed by atoms with Crippen LogP contribution in [0.15, 0.2) is 29.2 Å². The van der Waals surface area contributed by atoms with Crippen molar-refractivity contribution in [3.8, 4) is 0 Å². The zero-order valence-electron chi connectivity index (χ0n) is 21.5. The van der Waals surface area contributed by atoms with Gasteiger partial charge in [-0.3, -0.25) is 0 Å². The molecule has 5 nitrogen and oxygen atoms in total. The molecule has 194 valence electrons. The highest BCUT2D eigenvalue weighted by Crippen LogP contribution is 2.67. The number of sulfonamides is 1. The lowest BCUT2D eigenvalue weighted by molar-refractivity contribution is -0.120. The maximum absolute atomic E-state index is 14.3. The van der Waals surface area contributed by atoms with Gasteiger partial charge in [-0.05, 0) is 142 Å². The molecule has 10 rings (SSSR count). The molecular weight excluding hydrogens is 468 g/mol. The van der Waals surface area contributed by atoms with Crippen LogP contribution in [-0.4, -0.2) is 30.8 Å². The molecule has 0 aromatic heterocycles. The van der Waals surface area contributed by atoms with E-state index >= 15 is 0 Å². The van der Waals surface area contributed by atoms with Crippen LogP contribution in [0.3, 0.4) is 0 Å². The monoisotopic (exact) mass is 508 g/mol. The van der Waals surface area contributed by atoms with Crippen molar-refractivity contribution < 1.29 is 13.2 Å². The van der Waals surface area contributed by atoms with Crippen molar-refractivity contribution in [2.75, 3.05) is 0 Å². The summed E-state index contributed by atoms with van der Waals surface area (Å²) in [6, 6.07) is 6.50. The molecule has 36 heavy (non-hydrogen) atoms. The largest absolute Gasteiger partial charge is 0.332 e. The molecule has 2 amide bonds. The van der Waals surface area contributed by atoms with Gasteiger partial charge in [0.15, 0.2) is 0 Å². The number of hydrogen-bond donors (Lipinski definition) is 1. The van der Waals surface area contributed by atoms with Crippen LogP contribution in [0.1, 0.15) is 82.6 Å². The van der Waals surface area contributed by atoms with E-state index in [1.165, 1.54) is 62.1 Å². The minimum absolute atomic E-state index is 0.0325. The zero-order valence-corrected chi connectivity index (χ0v) is 22.3. The van der Waals surface area contributed by atoms with E-state index in [-0.39, 0.29) is 33.8 Å². The van der Waals surface area contributed by atoms with Crippen LogP contribution in [0.2, 0.25) is 0 Å². The molecule has 1 aliphatic heterocycles. The van der Waals surface area contributed by atoms with Gasteiger partial charge < -0.3 is 5.32 Å². The standard InChI is InChI=1S/C30H40N2O3S/c1-18-2-4-25(5-3-18)36(34,35)32-27(30-15-22-9-23(16-30)11-24(10-22)17-30)26(31-28(32)33)29-12-19-6-20(13-29)8-21(7-19)14-29/h2-5,19-24,26-27H,6-17H2,1H3,(H,31,33)/t19?,20?,21?,22?,23?,24?,26-,27-,29?,30?/m0/s1. The molecule has 9 fully saturated rings. The van der Waals surface area contributed by atoms with Gasteiger partial charge in [-0.2, -0.15) is 0 Å². The molecule has 0 radical (unpaired) electrons. The first kappa shape index (κ1) is 22.4. The van der Waals surface area contributed by atoms with Crippen LogP contribution in [0.4, 0.5) is 4.79 Å². The van der Waals surface area contributed by atoms with E-state index in [1.807, 2.05) is 19.1 Å². The second-order valence-electron chi connectivity index (χ2n) is 14.5. The summed E-state index contributed by atoms with van der Waals surface area (Å²) in [7, 11) is -3.93. The van der Waals surface area contributed by atoms with Crippen molar-refractivity contribution in [3.05, 3.63) is 29.8 Å².